The van der Waals surface area contributed by atoms with Crippen LogP contribution >= 0.6 is 0 Å². The van der Waals surface area contributed by atoms with E-state index in [2.05, 4.69) is 0 Å². The van der Waals surface area contributed by atoms with Gasteiger partial charge in [-0.1, -0.05) is 24.3 Å². The van der Waals surface area contributed by atoms with Gasteiger partial charge in [0.15, 0.2) is 0 Å². The standard InChI is InChI=1S/C16H18FNO/c1-11-10-12(17)8-9-13(11)16(2,18)14-6-4-5-7-15(14)19-3/h4-10H,18H2,1-3H3. The summed E-state index contributed by atoms with van der Waals surface area (Å²) in [5.41, 5.74) is 8.35. The minimum absolute atomic E-state index is 0.253. The van der Waals surface area contributed by atoms with E-state index in [1.807, 2.05) is 38.1 Å². The van der Waals surface area contributed by atoms with E-state index >= 15 is 0 Å². The maximum Gasteiger partial charge on any atom is 0.124 e. The molecule has 2 N–H and O–H groups in total. The van der Waals surface area contributed by atoms with Crippen LogP contribution in [-0.2, 0) is 5.54 Å². The quantitative estimate of drug-likeness (QED) is 0.917. The molecule has 0 aliphatic rings. The first-order chi connectivity index (χ1) is 8.96. The number of hydrogen-bond donors (Lipinski definition) is 1. The lowest BCUT2D eigenvalue weighted by Crippen LogP contribution is -2.35. The molecule has 0 amide bonds. The topological polar surface area (TPSA) is 35.2 Å². The van der Waals surface area contributed by atoms with Crippen LogP contribution in [0.15, 0.2) is 42.5 Å². The van der Waals surface area contributed by atoms with Crippen LogP contribution in [0.25, 0.3) is 0 Å². The van der Waals surface area contributed by atoms with E-state index in [-0.39, 0.29) is 5.82 Å². The number of ether oxygens (including phenoxy) is 1. The van der Waals surface area contributed by atoms with Crippen LogP contribution in [0.2, 0.25) is 0 Å². The fourth-order valence-electron chi connectivity index (χ4n) is 2.43. The van der Waals surface area contributed by atoms with Gasteiger partial charge in [-0.2, -0.15) is 0 Å². The average molecular weight is 259 g/mol. The monoisotopic (exact) mass is 259 g/mol. The summed E-state index contributed by atoms with van der Waals surface area (Å²) in [6.45, 7) is 3.77. The molecule has 0 bridgehead atoms. The molecule has 0 radical (unpaired) electrons. The fourth-order valence-corrected chi connectivity index (χ4v) is 2.43. The molecule has 100 valence electrons. The summed E-state index contributed by atoms with van der Waals surface area (Å²) in [4.78, 5) is 0. The van der Waals surface area contributed by atoms with E-state index in [0.717, 1.165) is 22.4 Å². The summed E-state index contributed by atoms with van der Waals surface area (Å²) in [5.74, 6) is 0.480. The van der Waals surface area contributed by atoms with Crippen LogP contribution in [0.5, 0.6) is 5.75 Å². The highest BCUT2D eigenvalue weighted by Crippen LogP contribution is 2.34. The molecule has 1 atom stereocenters. The van der Waals surface area contributed by atoms with Crippen molar-refractivity contribution >= 4 is 0 Å². The van der Waals surface area contributed by atoms with Gasteiger partial charge in [0.2, 0.25) is 0 Å². The van der Waals surface area contributed by atoms with Crippen molar-refractivity contribution < 1.29 is 9.13 Å². The normalized spacial score (nSPS) is 13.9. The Hall–Kier alpha value is -1.87. The number of halogens is 1. The van der Waals surface area contributed by atoms with Crippen molar-refractivity contribution in [2.45, 2.75) is 19.4 Å². The molecule has 0 aromatic heterocycles. The molecule has 3 heteroatoms. The SMILES string of the molecule is COc1ccccc1C(C)(N)c1ccc(F)cc1C. The predicted octanol–water partition coefficient (Wildman–Crippen LogP) is 3.36. The molecule has 0 fully saturated rings. The summed E-state index contributed by atoms with van der Waals surface area (Å²) in [7, 11) is 1.62. The van der Waals surface area contributed by atoms with Crippen molar-refractivity contribution in [1.82, 2.24) is 0 Å². The Morgan fingerprint density at radius 2 is 1.79 bits per heavy atom. The van der Waals surface area contributed by atoms with Gasteiger partial charge < -0.3 is 10.5 Å². The van der Waals surface area contributed by atoms with Gasteiger partial charge in [0, 0.05) is 5.56 Å². The zero-order chi connectivity index (χ0) is 14.0. The van der Waals surface area contributed by atoms with Crippen molar-refractivity contribution in [3.63, 3.8) is 0 Å². The Morgan fingerprint density at radius 1 is 1.11 bits per heavy atom. The number of methoxy groups -OCH3 is 1. The average Bonchev–Trinajstić information content (AvgIpc) is 2.38. The lowest BCUT2D eigenvalue weighted by Gasteiger charge is -2.29. The smallest absolute Gasteiger partial charge is 0.124 e. The number of para-hydroxylation sites is 1. The molecule has 0 spiro atoms. The second-order valence-electron chi connectivity index (χ2n) is 4.86. The predicted molar refractivity (Wildman–Crippen MR) is 74.8 cm³/mol. The minimum Gasteiger partial charge on any atom is -0.496 e. The van der Waals surface area contributed by atoms with Gasteiger partial charge in [-0.15, -0.1) is 0 Å². The molecule has 2 aromatic rings. The van der Waals surface area contributed by atoms with Gasteiger partial charge in [-0.25, -0.2) is 4.39 Å². The third-order valence-corrected chi connectivity index (χ3v) is 3.41. The summed E-state index contributed by atoms with van der Waals surface area (Å²) in [6.07, 6.45) is 0. The van der Waals surface area contributed by atoms with Gasteiger partial charge in [-0.3, -0.25) is 0 Å². The zero-order valence-corrected chi connectivity index (χ0v) is 11.4. The van der Waals surface area contributed by atoms with Crippen LogP contribution in [0.3, 0.4) is 0 Å². The Balaban J connectivity index is 2.58. The minimum atomic E-state index is -0.732. The molecule has 0 saturated carbocycles. The summed E-state index contributed by atoms with van der Waals surface area (Å²) in [5, 5.41) is 0. The first-order valence-corrected chi connectivity index (χ1v) is 6.16. The van der Waals surface area contributed by atoms with Gasteiger partial charge in [0.05, 0.1) is 12.6 Å². The first kappa shape index (κ1) is 13.6. The van der Waals surface area contributed by atoms with Gasteiger partial charge in [0.1, 0.15) is 11.6 Å². The van der Waals surface area contributed by atoms with Crippen LogP contribution in [0, 0.1) is 12.7 Å². The lowest BCUT2D eigenvalue weighted by molar-refractivity contribution is 0.398. The lowest BCUT2D eigenvalue weighted by atomic mass is 9.83. The molecule has 0 aliphatic heterocycles. The van der Waals surface area contributed by atoms with Crippen molar-refractivity contribution in [1.29, 1.82) is 0 Å². The number of nitrogens with two attached hydrogens (primary N) is 1. The van der Waals surface area contributed by atoms with E-state index in [1.54, 1.807) is 13.2 Å². The highest BCUT2D eigenvalue weighted by atomic mass is 19.1. The third kappa shape index (κ3) is 2.47. The second-order valence-corrected chi connectivity index (χ2v) is 4.86. The van der Waals surface area contributed by atoms with Crippen LogP contribution in [0.1, 0.15) is 23.6 Å². The number of hydrogen-bond acceptors (Lipinski definition) is 2. The Bertz CT molecular complexity index is 593. The molecule has 19 heavy (non-hydrogen) atoms. The maximum absolute atomic E-state index is 13.2. The molecule has 2 aromatic carbocycles. The van der Waals surface area contributed by atoms with Crippen LogP contribution < -0.4 is 10.5 Å². The van der Waals surface area contributed by atoms with Crippen molar-refractivity contribution in [2.24, 2.45) is 5.73 Å². The van der Waals surface area contributed by atoms with Gasteiger partial charge in [0.25, 0.3) is 0 Å². The molecular formula is C16H18FNO. The van der Waals surface area contributed by atoms with Crippen molar-refractivity contribution in [2.75, 3.05) is 7.11 Å². The Kier molecular flexibility index (Phi) is 3.58. The summed E-state index contributed by atoms with van der Waals surface area (Å²) < 4.78 is 18.6. The van der Waals surface area contributed by atoms with Crippen LogP contribution in [-0.4, -0.2) is 7.11 Å². The molecule has 2 rings (SSSR count). The number of rotatable bonds is 3. The highest BCUT2D eigenvalue weighted by molar-refractivity contribution is 5.47. The first-order valence-electron chi connectivity index (χ1n) is 6.16. The largest absolute Gasteiger partial charge is 0.496 e. The molecule has 2 nitrogen and oxygen atoms in total. The second kappa shape index (κ2) is 5.02. The summed E-state index contributed by atoms with van der Waals surface area (Å²) in [6, 6.07) is 12.3. The fraction of sp³-hybridized carbons (Fsp3) is 0.250. The zero-order valence-electron chi connectivity index (χ0n) is 11.4. The molecule has 0 heterocycles. The van der Waals surface area contributed by atoms with Crippen molar-refractivity contribution in [3.8, 4) is 5.75 Å². The molecule has 0 aliphatic carbocycles. The molecule has 1 unspecified atom stereocenters. The van der Waals surface area contributed by atoms with E-state index < -0.39 is 5.54 Å². The van der Waals surface area contributed by atoms with Crippen molar-refractivity contribution in [3.05, 3.63) is 65.0 Å². The van der Waals surface area contributed by atoms with Gasteiger partial charge in [-0.05, 0) is 43.2 Å². The van der Waals surface area contributed by atoms with Gasteiger partial charge >= 0.3 is 0 Å². The Labute approximate surface area is 113 Å². The molecular weight excluding hydrogens is 241 g/mol. The van der Waals surface area contributed by atoms with Crippen LogP contribution in [0.4, 0.5) is 4.39 Å². The van der Waals surface area contributed by atoms with E-state index in [4.69, 9.17) is 10.5 Å². The van der Waals surface area contributed by atoms with E-state index in [1.165, 1.54) is 12.1 Å². The maximum atomic E-state index is 13.2. The third-order valence-electron chi connectivity index (χ3n) is 3.41. The summed E-state index contributed by atoms with van der Waals surface area (Å²) >= 11 is 0. The van der Waals surface area contributed by atoms with E-state index in [9.17, 15) is 4.39 Å². The number of benzene rings is 2. The highest BCUT2D eigenvalue weighted by Gasteiger charge is 2.28. The number of aryl methyl sites for hydroxylation is 1. The van der Waals surface area contributed by atoms with E-state index in [0.29, 0.717) is 0 Å². The molecule has 0 saturated heterocycles. The Morgan fingerprint density at radius 3 is 2.42 bits per heavy atom.